The van der Waals surface area contributed by atoms with Crippen molar-refractivity contribution >= 4 is 28.1 Å². The van der Waals surface area contributed by atoms with E-state index in [0.717, 1.165) is 18.1 Å². The van der Waals surface area contributed by atoms with Gasteiger partial charge in [0.15, 0.2) is 5.96 Å². The van der Waals surface area contributed by atoms with E-state index in [9.17, 15) is 4.21 Å². The van der Waals surface area contributed by atoms with Crippen LogP contribution in [0.15, 0.2) is 46.8 Å². The first kappa shape index (κ1) is 18.7. The van der Waals surface area contributed by atoms with Gasteiger partial charge in [-0.15, -0.1) is 11.3 Å². The fourth-order valence-corrected chi connectivity index (χ4v) is 4.04. The third kappa shape index (κ3) is 6.45. The van der Waals surface area contributed by atoms with Crippen molar-refractivity contribution in [2.24, 2.45) is 4.99 Å². The molecule has 0 fully saturated rings. The van der Waals surface area contributed by atoms with Crippen LogP contribution in [0.2, 0.25) is 0 Å². The summed E-state index contributed by atoms with van der Waals surface area (Å²) in [7, 11) is -0.872. The van der Waals surface area contributed by atoms with E-state index in [1.54, 1.807) is 11.3 Å². The van der Waals surface area contributed by atoms with Crippen LogP contribution in [-0.4, -0.2) is 29.0 Å². The lowest BCUT2D eigenvalue weighted by atomic mass is 10.2. The van der Waals surface area contributed by atoms with E-state index in [0.29, 0.717) is 24.6 Å². The second kappa shape index (κ2) is 10.3. The quantitative estimate of drug-likeness (QED) is 0.560. The summed E-state index contributed by atoms with van der Waals surface area (Å²) in [4.78, 5) is 5.88. The zero-order valence-electron chi connectivity index (χ0n) is 14.2. The molecule has 130 valence electrons. The lowest BCUT2D eigenvalue weighted by molar-refractivity contribution is 0.680. The fourth-order valence-electron chi connectivity index (χ4n) is 2.17. The van der Waals surface area contributed by atoms with Crippen molar-refractivity contribution in [3.8, 4) is 0 Å². The van der Waals surface area contributed by atoms with Crippen molar-refractivity contribution in [2.75, 3.05) is 18.8 Å². The van der Waals surface area contributed by atoms with Gasteiger partial charge < -0.3 is 10.6 Å². The maximum atomic E-state index is 12.2. The highest BCUT2D eigenvalue weighted by Crippen LogP contribution is 2.16. The van der Waals surface area contributed by atoms with E-state index in [4.69, 9.17) is 0 Å². The lowest BCUT2D eigenvalue weighted by Gasteiger charge is -2.11. The monoisotopic (exact) mass is 363 g/mol. The van der Waals surface area contributed by atoms with E-state index >= 15 is 0 Å². The molecule has 0 spiro atoms. The van der Waals surface area contributed by atoms with Crippen molar-refractivity contribution in [1.82, 2.24) is 10.6 Å². The fraction of sp³-hybridized carbons (Fsp3) is 0.389. The van der Waals surface area contributed by atoms with Gasteiger partial charge in [-0.1, -0.05) is 30.3 Å². The second-order valence-electron chi connectivity index (χ2n) is 5.42. The molecule has 0 aliphatic carbocycles. The van der Waals surface area contributed by atoms with Gasteiger partial charge in [0.25, 0.3) is 0 Å². The smallest absolute Gasteiger partial charge is 0.191 e. The van der Waals surface area contributed by atoms with Gasteiger partial charge in [-0.25, -0.2) is 4.99 Å². The molecular weight excluding hydrogens is 338 g/mol. The van der Waals surface area contributed by atoms with Gasteiger partial charge in [-0.2, -0.15) is 0 Å². The average Bonchev–Trinajstić information content (AvgIpc) is 2.98. The molecule has 0 aliphatic heterocycles. The second-order valence-corrected chi connectivity index (χ2v) is 8.00. The molecule has 24 heavy (non-hydrogen) atoms. The molecule has 2 rings (SSSR count). The van der Waals surface area contributed by atoms with Crippen molar-refractivity contribution in [1.29, 1.82) is 0 Å². The van der Waals surface area contributed by atoms with Crippen LogP contribution in [0.3, 0.4) is 0 Å². The Bertz CT molecular complexity index is 668. The van der Waals surface area contributed by atoms with Gasteiger partial charge in [0.05, 0.1) is 6.54 Å². The molecule has 1 aromatic heterocycles. The highest BCUT2D eigenvalue weighted by atomic mass is 32.2. The zero-order chi connectivity index (χ0) is 17.2. The molecular formula is C18H25N3OS2. The van der Waals surface area contributed by atoms with Crippen LogP contribution >= 0.6 is 11.3 Å². The van der Waals surface area contributed by atoms with E-state index in [1.165, 1.54) is 10.4 Å². The van der Waals surface area contributed by atoms with E-state index in [2.05, 4.69) is 34.0 Å². The molecule has 6 heteroatoms. The Morgan fingerprint density at radius 2 is 2.00 bits per heavy atom. The topological polar surface area (TPSA) is 53.5 Å². The number of nitrogens with one attached hydrogen (secondary N) is 2. The lowest BCUT2D eigenvalue weighted by Crippen LogP contribution is -2.39. The summed E-state index contributed by atoms with van der Waals surface area (Å²) in [5, 5.41) is 8.59. The van der Waals surface area contributed by atoms with Crippen molar-refractivity contribution in [3.05, 3.63) is 57.8 Å². The summed E-state index contributed by atoms with van der Waals surface area (Å²) >= 11 is 1.73. The van der Waals surface area contributed by atoms with Crippen LogP contribution in [0.4, 0.5) is 0 Å². The Labute approximate surface area is 150 Å². The number of rotatable bonds is 8. The summed E-state index contributed by atoms with van der Waals surface area (Å²) < 4.78 is 12.2. The number of hydrogen-bond donors (Lipinski definition) is 2. The normalized spacial score (nSPS) is 12.8. The van der Waals surface area contributed by atoms with Gasteiger partial charge in [0.1, 0.15) is 0 Å². The summed E-state index contributed by atoms with van der Waals surface area (Å²) in [6, 6.07) is 12.1. The maximum Gasteiger partial charge on any atom is 0.191 e. The predicted molar refractivity (Wildman–Crippen MR) is 105 cm³/mol. The third-order valence-electron chi connectivity index (χ3n) is 3.49. The van der Waals surface area contributed by atoms with Crippen LogP contribution in [0.1, 0.15) is 22.9 Å². The number of thiophene rings is 1. The molecule has 4 nitrogen and oxygen atoms in total. The minimum Gasteiger partial charge on any atom is -0.357 e. The van der Waals surface area contributed by atoms with Crippen LogP contribution < -0.4 is 10.6 Å². The SMILES string of the molecule is CCNC(=NCc1sccc1C)NCCS(=O)Cc1ccccc1. The minimum atomic E-state index is -0.872. The molecule has 0 aliphatic rings. The van der Waals surface area contributed by atoms with Gasteiger partial charge in [-0.05, 0) is 36.4 Å². The molecule has 1 unspecified atom stereocenters. The molecule has 2 aromatic rings. The number of aryl methyl sites for hydroxylation is 1. The number of hydrogen-bond acceptors (Lipinski definition) is 3. The van der Waals surface area contributed by atoms with Gasteiger partial charge in [0.2, 0.25) is 0 Å². The van der Waals surface area contributed by atoms with Crippen LogP contribution in [0.25, 0.3) is 0 Å². The molecule has 1 heterocycles. The highest BCUT2D eigenvalue weighted by Gasteiger charge is 2.04. The van der Waals surface area contributed by atoms with Gasteiger partial charge in [-0.3, -0.25) is 4.21 Å². The Morgan fingerprint density at radius 1 is 1.21 bits per heavy atom. The minimum absolute atomic E-state index is 0.602. The predicted octanol–water partition coefficient (Wildman–Crippen LogP) is 3.06. The Balaban J connectivity index is 1.78. The first-order chi connectivity index (χ1) is 11.7. The molecule has 0 saturated heterocycles. The maximum absolute atomic E-state index is 12.2. The molecule has 2 N–H and O–H groups in total. The van der Waals surface area contributed by atoms with Gasteiger partial charge in [0, 0.05) is 40.3 Å². The Morgan fingerprint density at radius 3 is 2.67 bits per heavy atom. The van der Waals surface area contributed by atoms with Crippen molar-refractivity contribution in [2.45, 2.75) is 26.1 Å². The average molecular weight is 364 g/mol. The van der Waals surface area contributed by atoms with E-state index in [1.807, 2.05) is 37.3 Å². The first-order valence-corrected chi connectivity index (χ1v) is 10.5. The number of guanidine groups is 1. The summed E-state index contributed by atoms with van der Waals surface area (Å²) in [6.07, 6.45) is 0. The summed E-state index contributed by atoms with van der Waals surface area (Å²) in [5.74, 6) is 1.99. The molecule has 0 amide bonds. The van der Waals surface area contributed by atoms with Gasteiger partial charge >= 0.3 is 0 Å². The summed E-state index contributed by atoms with van der Waals surface area (Å²) in [6.45, 7) is 6.28. The molecule has 0 bridgehead atoms. The van der Waals surface area contributed by atoms with E-state index in [-0.39, 0.29) is 0 Å². The van der Waals surface area contributed by atoms with Crippen LogP contribution in [0.5, 0.6) is 0 Å². The molecule has 0 saturated carbocycles. The van der Waals surface area contributed by atoms with Crippen molar-refractivity contribution in [3.63, 3.8) is 0 Å². The van der Waals surface area contributed by atoms with Crippen molar-refractivity contribution < 1.29 is 4.21 Å². The van der Waals surface area contributed by atoms with E-state index < -0.39 is 10.8 Å². The Hall–Kier alpha value is -1.66. The molecule has 1 aromatic carbocycles. The molecule has 1 atom stereocenters. The summed E-state index contributed by atoms with van der Waals surface area (Å²) in [5.41, 5.74) is 2.40. The van der Waals surface area contributed by atoms with Crippen LogP contribution in [0, 0.1) is 6.92 Å². The zero-order valence-corrected chi connectivity index (χ0v) is 15.9. The third-order valence-corrected chi connectivity index (χ3v) is 5.81. The van der Waals surface area contributed by atoms with Crippen LogP contribution in [-0.2, 0) is 23.1 Å². The number of benzene rings is 1. The highest BCUT2D eigenvalue weighted by molar-refractivity contribution is 7.84. The first-order valence-electron chi connectivity index (χ1n) is 8.13. The standard InChI is InChI=1S/C18H25N3OS2/c1-3-19-18(21-13-17-15(2)9-11-23-17)20-10-12-24(22)14-16-7-5-4-6-8-16/h4-9,11H,3,10,12-14H2,1-2H3,(H2,19,20,21). The molecule has 0 radical (unpaired) electrons. The number of aliphatic imine (C=N–C) groups is 1. The number of nitrogens with zero attached hydrogens (tertiary/aromatic N) is 1. The largest absolute Gasteiger partial charge is 0.357 e. The Kier molecular flexibility index (Phi) is 7.98.